The van der Waals surface area contributed by atoms with E-state index in [4.69, 9.17) is 4.74 Å². The maximum atomic E-state index is 13.6. The number of hydrogen-bond donors (Lipinski definition) is 2. The summed E-state index contributed by atoms with van der Waals surface area (Å²) in [5.74, 6) is 0.588. The number of nitrogens with one attached hydrogen (secondary N) is 2. The highest BCUT2D eigenvalue weighted by atomic mass is 19.1. The number of ether oxygens (including phenoxy) is 1. The average molecular weight is 322 g/mol. The number of rotatable bonds is 6. The lowest BCUT2D eigenvalue weighted by atomic mass is 10.1. The highest BCUT2D eigenvalue weighted by molar-refractivity contribution is 5.79. The summed E-state index contributed by atoms with van der Waals surface area (Å²) in [6.45, 7) is 10.4. The van der Waals surface area contributed by atoms with Crippen LogP contribution in [0.4, 0.5) is 4.39 Å². The zero-order chi connectivity index (χ0) is 16.5. The van der Waals surface area contributed by atoms with Crippen molar-refractivity contribution in [1.29, 1.82) is 0 Å². The quantitative estimate of drug-likeness (QED) is 0.616. The zero-order valence-corrected chi connectivity index (χ0v) is 14.1. The number of benzene rings is 1. The molecule has 23 heavy (non-hydrogen) atoms. The summed E-state index contributed by atoms with van der Waals surface area (Å²) in [7, 11) is 0. The van der Waals surface area contributed by atoms with Crippen LogP contribution in [0.25, 0.3) is 0 Å². The third kappa shape index (κ3) is 6.15. The van der Waals surface area contributed by atoms with Gasteiger partial charge in [0.25, 0.3) is 0 Å². The van der Waals surface area contributed by atoms with Crippen LogP contribution in [-0.2, 0) is 11.3 Å². The number of aryl methyl sites for hydroxylation is 1. The number of aliphatic imine (C=N–C) groups is 1. The number of halogens is 1. The second kappa shape index (κ2) is 9.47. The first-order chi connectivity index (χ1) is 11.2. The number of guanidine groups is 1. The van der Waals surface area contributed by atoms with Gasteiger partial charge < -0.3 is 15.4 Å². The minimum atomic E-state index is -0.178. The van der Waals surface area contributed by atoms with Gasteiger partial charge in [-0.15, -0.1) is 0 Å². The van der Waals surface area contributed by atoms with Crippen molar-refractivity contribution in [1.82, 2.24) is 15.5 Å². The molecule has 5 nitrogen and oxygen atoms in total. The van der Waals surface area contributed by atoms with Crippen LogP contribution in [0.3, 0.4) is 0 Å². The molecule has 1 fully saturated rings. The summed E-state index contributed by atoms with van der Waals surface area (Å²) in [4.78, 5) is 6.89. The fourth-order valence-electron chi connectivity index (χ4n) is 2.40. The van der Waals surface area contributed by atoms with Crippen LogP contribution in [0, 0.1) is 12.7 Å². The summed E-state index contributed by atoms with van der Waals surface area (Å²) >= 11 is 0. The summed E-state index contributed by atoms with van der Waals surface area (Å²) in [5.41, 5.74) is 1.53. The van der Waals surface area contributed by atoms with E-state index in [0.29, 0.717) is 12.1 Å². The van der Waals surface area contributed by atoms with Crippen LogP contribution in [-0.4, -0.2) is 56.8 Å². The molecule has 2 N–H and O–H groups in total. The lowest BCUT2D eigenvalue weighted by Crippen LogP contribution is -2.44. The van der Waals surface area contributed by atoms with Crippen LogP contribution in [0.15, 0.2) is 23.2 Å². The fraction of sp³-hybridized carbons (Fsp3) is 0.588. The van der Waals surface area contributed by atoms with Gasteiger partial charge in [0.15, 0.2) is 5.96 Å². The van der Waals surface area contributed by atoms with E-state index in [1.54, 1.807) is 19.1 Å². The molecule has 1 aliphatic heterocycles. The molecule has 0 atom stereocenters. The SMILES string of the molecule is CCNC(=NCc1ccc(C)c(F)c1)NCCN1CCOCC1. The van der Waals surface area contributed by atoms with Crippen molar-refractivity contribution in [3.8, 4) is 0 Å². The van der Waals surface area contributed by atoms with E-state index in [1.165, 1.54) is 0 Å². The number of nitrogens with zero attached hydrogens (tertiary/aromatic N) is 2. The van der Waals surface area contributed by atoms with Crippen molar-refractivity contribution in [2.45, 2.75) is 20.4 Å². The molecule has 0 radical (unpaired) electrons. The van der Waals surface area contributed by atoms with E-state index in [2.05, 4.69) is 20.5 Å². The Morgan fingerprint density at radius 1 is 1.30 bits per heavy atom. The number of morpholine rings is 1. The average Bonchev–Trinajstić information content (AvgIpc) is 2.56. The Labute approximate surface area is 137 Å². The summed E-state index contributed by atoms with van der Waals surface area (Å²) < 4.78 is 18.9. The molecule has 0 amide bonds. The van der Waals surface area contributed by atoms with Gasteiger partial charge in [0.05, 0.1) is 19.8 Å². The molecule has 0 unspecified atom stereocenters. The van der Waals surface area contributed by atoms with Crippen molar-refractivity contribution < 1.29 is 9.13 Å². The van der Waals surface area contributed by atoms with Gasteiger partial charge in [-0.2, -0.15) is 0 Å². The van der Waals surface area contributed by atoms with E-state index < -0.39 is 0 Å². The molecule has 1 heterocycles. The molecule has 2 rings (SSSR count). The van der Waals surface area contributed by atoms with Gasteiger partial charge in [-0.25, -0.2) is 9.38 Å². The van der Waals surface area contributed by atoms with Gasteiger partial charge in [0, 0.05) is 32.7 Å². The molecule has 128 valence electrons. The molecule has 1 aromatic rings. The van der Waals surface area contributed by atoms with Crippen molar-refractivity contribution in [2.24, 2.45) is 4.99 Å². The molecule has 0 spiro atoms. The second-order valence-electron chi connectivity index (χ2n) is 5.66. The minimum Gasteiger partial charge on any atom is -0.379 e. The highest BCUT2D eigenvalue weighted by Crippen LogP contribution is 2.09. The Balaban J connectivity index is 1.82. The van der Waals surface area contributed by atoms with E-state index in [9.17, 15) is 4.39 Å². The summed E-state index contributed by atoms with van der Waals surface area (Å²) in [6, 6.07) is 5.26. The fourth-order valence-corrected chi connectivity index (χ4v) is 2.40. The smallest absolute Gasteiger partial charge is 0.191 e. The first-order valence-corrected chi connectivity index (χ1v) is 8.26. The summed E-state index contributed by atoms with van der Waals surface area (Å²) in [5, 5.41) is 6.55. The Morgan fingerprint density at radius 3 is 2.78 bits per heavy atom. The molecule has 1 aromatic carbocycles. The lowest BCUT2D eigenvalue weighted by Gasteiger charge is -2.26. The van der Waals surface area contributed by atoms with Crippen molar-refractivity contribution in [3.05, 3.63) is 35.1 Å². The van der Waals surface area contributed by atoms with Crippen molar-refractivity contribution in [2.75, 3.05) is 45.9 Å². The van der Waals surface area contributed by atoms with E-state index in [1.807, 2.05) is 13.0 Å². The highest BCUT2D eigenvalue weighted by Gasteiger charge is 2.09. The van der Waals surface area contributed by atoms with Crippen LogP contribution >= 0.6 is 0 Å². The van der Waals surface area contributed by atoms with Gasteiger partial charge in [-0.1, -0.05) is 12.1 Å². The minimum absolute atomic E-state index is 0.178. The molecule has 6 heteroatoms. The molecular formula is C17H27FN4O. The third-order valence-corrected chi connectivity index (χ3v) is 3.82. The standard InChI is InChI=1S/C17H27FN4O/c1-3-19-17(20-6-7-22-8-10-23-11-9-22)21-13-15-5-4-14(2)16(18)12-15/h4-5,12H,3,6-11,13H2,1-2H3,(H2,19,20,21). The van der Waals surface area contributed by atoms with Crippen LogP contribution < -0.4 is 10.6 Å². The molecule has 1 saturated heterocycles. The molecule has 0 bridgehead atoms. The Bertz CT molecular complexity index is 515. The molecular weight excluding hydrogens is 295 g/mol. The topological polar surface area (TPSA) is 48.9 Å². The molecule has 0 aliphatic carbocycles. The lowest BCUT2D eigenvalue weighted by molar-refractivity contribution is 0.0389. The van der Waals surface area contributed by atoms with Gasteiger partial charge in [-0.05, 0) is 31.0 Å². The maximum Gasteiger partial charge on any atom is 0.191 e. The van der Waals surface area contributed by atoms with E-state index >= 15 is 0 Å². The van der Waals surface area contributed by atoms with Crippen LogP contribution in [0.5, 0.6) is 0 Å². The predicted octanol–water partition coefficient (Wildman–Crippen LogP) is 1.52. The maximum absolute atomic E-state index is 13.6. The van der Waals surface area contributed by atoms with Gasteiger partial charge in [0.2, 0.25) is 0 Å². The van der Waals surface area contributed by atoms with Crippen molar-refractivity contribution >= 4 is 5.96 Å². The van der Waals surface area contributed by atoms with Crippen LogP contribution in [0.1, 0.15) is 18.1 Å². The van der Waals surface area contributed by atoms with E-state index in [-0.39, 0.29) is 5.82 Å². The molecule has 0 saturated carbocycles. The monoisotopic (exact) mass is 322 g/mol. The molecule has 0 aromatic heterocycles. The van der Waals surface area contributed by atoms with Gasteiger partial charge >= 0.3 is 0 Å². The number of hydrogen-bond acceptors (Lipinski definition) is 3. The first-order valence-electron chi connectivity index (χ1n) is 8.26. The first kappa shape index (κ1) is 17.7. The van der Waals surface area contributed by atoms with Gasteiger partial charge in [0.1, 0.15) is 5.82 Å². The Morgan fingerprint density at radius 2 is 2.09 bits per heavy atom. The zero-order valence-electron chi connectivity index (χ0n) is 14.1. The third-order valence-electron chi connectivity index (χ3n) is 3.82. The predicted molar refractivity (Wildman–Crippen MR) is 91.2 cm³/mol. The second-order valence-corrected chi connectivity index (χ2v) is 5.66. The summed E-state index contributed by atoms with van der Waals surface area (Å²) in [6.07, 6.45) is 0. The van der Waals surface area contributed by atoms with Crippen LogP contribution in [0.2, 0.25) is 0 Å². The van der Waals surface area contributed by atoms with Crippen molar-refractivity contribution in [3.63, 3.8) is 0 Å². The van der Waals surface area contributed by atoms with Gasteiger partial charge in [-0.3, -0.25) is 4.90 Å². The Kier molecular flexibility index (Phi) is 7.29. The largest absolute Gasteiger partial charge is 0.379 e. The Hall–Kier alpha value is -1.66. The molecule has 1 aliphatic rings. The van der Waals surface area contributed by atoms with E-state index in [0.717, 1.165) is 57.5 Å². The normalized spacial score (nSPS) is 16.4.